The van der Waals surface area contributed by atoms with E-state index in [-0.39, 0.29) is 5.91 Å². The smallest absolute Gasteiger partial charge is 0.224 e. The van der Waals surface area contributed by atoms with Gasteiger partial charge in [0.15, 0.2) is 0 Å². The van der Waals surface area contributed by atoms with Crippen LogP contribution in [0.1, 0.15) is 24.8 Å². The molecule has 1 aromatic rings. The minimum absolute atomic E-state index is 0.0930. The number of hydrogen-bond acceptors (Lipinski definition) is 1. The van der Waals surface area contributed by atoms with E-state index in [0.29, 0.717) is 28.0 Å². The Morgan fingerprint density at radius 1 is 1.29 bits per heavy atom. The monoisotopic (exact) mass is 293 g/mol. The lowest BCUT2D eigenvalue weighted by atomic mass is 10.2. The van der Waals surface area contributed by atoms with Crippen molar-refractivity contribution in [2.75, 3.05) is 11.2 Å². The number of carbonyl (C=O) groups excluding carboxylic acids is 1. The number of hydrogen-bond donors (Lipinski definition) is 1. The van der Waals surface area contributed by atoms with Crippen molar-refractivity contribution in [3.05, 3.63) is 27.7 Å². The van der Waals surface area contributed by atoms with Gasteiger partial charge in [-0.2, -0.15) is 0 Å². The van der Waals surface area contributed by atoms with Crippen molar-refractivity contribution in [2.45, 2.75) is 26.2 Å². The average molecular weight is 295 g/mol. The molecule has 0 spiro atoms. The molecule has 0 saturated carbocycles. The summed E-state index contributed by atoms with van der Waals surface area (Å²) >= 11 is 17.6. The molecule has 0 aliphatic heterocycles. The summed E-state index contributed by atoms with van der Waals surface area (Å²) < 4.78 is 0. The summed E-state index contributed by atoms with van der Waals surface area (Å²) in [6, 6.07) is 3.53. The van der Waals surface area contributed by atoms with Gasteiger partial charge < -0.3 is 5.32 Å². The predicted octanol–water partition coefficient (Wildman–Crippen LogP) is 4.65. The Hall–Kier alpha value is -0.440. The summed E-state index contributed by atoms with van der Waals surface area (Å²) in [6.07, 6.45) is 2.01. The number of anilines is 1. The van der Waals surface area contributed by atoms with Crippen molar-refractivity contribution in [2.24, 2.45) is 0 Å². The molecule has 94 valence electrons. The molecule has 0 aliphatic carbocycles. The molecule has 0 aromatic heterocycles. The van der Waals surface area contributed by atoms with Gasteiger partial charge in [0, 0.05) is 12.3 Å². The van der Waals surface area contributed by atoms with Crippen LogP contribution in [0, 0.1) is 6.92 Å². The fourth-order valence-electron chi connectivity index (χ4n) is 1.35. The van der Waals surface area contributed by atoms with Gasteiger partial charge in [0.1, 0.15) is 0 Å². The number of alkyl halides is 1. The van der Waals surface area contributed by atoms with E-state index < -0.39 is 0 Å². The van der Waals surface area contributed by atoms with Gasteiger partial charge in [-0.25, -0.2) is 0 Å². The fourth-order valence-corrected chi connectivity index (χ4v) is 2.01. The third kappa shape index (κ3) is 4.38. The Bertz CT molecular complexity index is 407. The van der Waals surface area contributed by atoms with Crippen molar-refractivity contribution in [1.29, 1.82) is 0 Å². The minimum Gasteiger partial charge on any atom is -0.324 e. The summed E-state index contributed by atoms with van der Waals surface area (Å²) in [5.74, 6) is 0.476. The zero-order chi connectivity index (χ0) is 12.8. The lowest BCUT2D eigenvalue weighted by Gasteiger charge is -2.10. The summed E-state index contributed by atoms with van der Waals surface area (Å²) in [5, 5.41) is 3.67. The third-order valence-electron chi connectivity index (χ3n) is 2.34. The van der Waals surface area contributed by atoms with Crippen LogP contribution in [0.3, 0.4) is 0 Å². The highest BCUT2D eigenvalue weighted by atomic mass is 35.5. The topological polar surface area (TPSA) is 29.1 Å². The summed E-state index contributed by atoms with van der Waals surface area (Å²) in [7, 11) is 0. The zero-order valence-electron chi connectivity index (χ0n) is 9.53. The molecule has 0 heterocycles. The standard InChI is InChI=1S/C12H14Cl3NO/c1-8-5-6-9(14)12(11(8)15)16-10(17)4-2-3-7-13/h5-6H,2-4,7H2,1H3,(H,16,17). The van der Waals surface area contributed by atoms with Crippen LogP contribution in [0.5, 0.6) is 0 Å². The first-order valence-corrected chi connectivity index (χ1v) is 6.65. The molecule has 0 radical (unpaired) electrons. The Balaban J connectivity index is 2.68. The van der Waals surface area contributed by atoms with Crippen molar-refractivity contribution in [3.63, 3.8) is 0 Å². The maximum absolute atomic E-state index is 11.6. The molecule has 1 N–H and O–H groups in total. The van der Waals surface area contributed by atoms with Gasteiger partial charge in [0.05, 0.1) is 15.7 Å². The molecule has 0 bridgehead atoms. The number of rotatable bonds is 5. The number of nitrogens with one attached hydrogen (secondary N) is 1. The second-order valence-electron chi connectivity index (χ2n) is 3.75. The molecule has 0 unspecified atom stereocenters. The third-order valence-corrected chi connectivity index (χ3v) is 3.41. The van der Waals surface area contributed by atoms with Crippen LogP contribution in [0.4, 0.5) is 5.69 Å². The van der Waals surface area contributed by atoms with Crippen LogP contribution in [0.2, 0.25) is 10.0 Å². The molecular formula is C12H14Cl3NO. The highest BCUT2D eigenvalue weighted by Crippen LogP contribution is 2.32. The van der Waals surface area contributed by atoms with Gasteiger partial charge in [-0.15, -0.1) is 11.6 Å². The zero-order valence-corrected chi connectivity index (χ0v) is 11.8. The number of amides is 1. The van der Waals surface area contributed by atoms with Crippen LogP contribution < -0.4 is 5.32 Å². The Morgan fingerprint density at radius 3 is 2.65 bits per heavy atom. The van der Waals surface area contributed by atoms with Gasteiger partial charge >= 0.3 is 0 Å². The first-order chi connectivity index (χ1) is 8.06. The Kier molecular flexibility index (Phi) is 6.10. The summed E-state index contributed by atoms with van der Waals surface area (Å²) in [4.78, 5) is 11.6. The van der Waals surface area contributed by atoms with E-state index >= 15 is 0 Å². The summed E-state index contributed by atoms with van der Waals surface area (Å²) in [5.41, 5.74) is 1.37. The average Bonchev–Trinajstić information content (AvgIpc) is 2.30. The molecule has 17 heavy (non-hydrogen) atoms. The van der Waals surface area contributed by atoms with Crippen molar-refractivity contribution >= 4 is 46.4 Å². The van der Waals surface area contributed by atoms with E-state index in [1.165, 1.54) is 0 Å². The highest BCUT2D eigenvalue weighted by Gasteiger charge is 2.11. The quantitative estimate of drug-likeness (QED) is 0.621. The number of benzene rings is 1. The van der Waals surface area contributed by atoms with Gasteiger partial charge in [0.25, 0.3) is 0 Å². The van der Waals surface area contributed by atoms with E-state index in [2.05, 4.69) is 5.32 Å². The maximum atomic E-state index is 11.6. The van der Waals surface area contributed by atoms with Crippen LogP contribution >= 0.6 is 34.8 Å². The molecule has 2 nitrogen and oxygen atoms in total. The molecule has 0 saturated heterocycles. The normalized spacial score (nSPS) is 10.4. The molecule has 0 aliphatic rings. The van der Waals surface area contributed by atoms with Crippen LogP contribution in [-0.4, -0.2) is 11.8 Å². The molecule has 5 heteroatoms. The summed E-state index contributed by atoms with van der Waals surface area (Å²) in [6.45, 7) is 1.86. The maximum Gasteiger partial charge on any atom is 0.224 e. The van der Waals surface area contributed by atoms with Crippen molar-refractivity contribution in [3.8, 4) is 0 Å². The number of halogens is 3. The molecule has 0 atom stereocenters. The second-order valence-corrected chi connectivity index (χ2v) is 4.91. The van der Waals surface area contributed by atoms with Gasteiger partial charge in [-0.05, 0) is 31.4 Å². The first kappa shape index (κ1) is 14.6. The second kappa shape index (κ2) is 7.10. The van der Waals surface area contributed by atoms with Crippen LogP contribution in [-0.2, 0) is 4.79 Å². The van der Waals surface area contributed by atoms with E-state index in [0.717, 1.165) is 18.4 Å². The first-order valence-electron chi connectivity index (χ1n) is 5.36. The van der Waals surface area contributed by atoms with Gasteiger partial charge in [-0.1, -0.05) is 29.3 Å². The predicted molar refractivity (Wildman–Crippen MR) is 74.4 cm³/mol. The van der Waals surface area contributed by atoms with E-state index in [1.54, 1.807) is 6.07 Å². The van der Waals surface area contributed by atoms with E-state index in [9.17, 15) is 4.79 Å². The van der Waals surface area contributed by atoms with Crippen LogP contribution in [0.25, 0.3) is 0 Å². The highest BCUT2D eigenvalue weighted by molar-refractivity contribution is 6.40. The number of aryl methyl sites for hydroxylation is 1. The van der Waals surface area contributed by atoms with Crippen molar-refractivity contribution in [1.82, 2.24) is 0 Å². The lowest BCUT2D eigenvalue weighted by Crippen LogP contribution is -2.12. The fraction of sp³-hybridized carbons (Fsp3) is 0.417. The van der Waals surface area contributed by atoms with Gasteiger partial charge in [-0.3, -0.25) is 4.79 Å². The number of unbranched alkanes of at least 4 members (excludes halogenated alkanes) is 1. The van der Waals surface area contributed by atoms with Crippen molar-refractivity contribution < 1.29 is 4.79 Å². The minimum atomic E-state index is -0.0930. The van der Waals surface area contributed by atoms with Crippen LogP contribution in [0.15, 0.2) is 12.1 Å². The lowest BCUT2D eigenvalue weighted by molar-refractivity contribution is -0.116. The Morgan fingerprint density at radius 2 is 2.00 bits per heavy atom. The van der Waals surface area contributed by atoms with E-state index in [1.807, 2.05) is 13.0 Å². The molecule has 1 rings (SSSR count). The Labute approximate surface area is 116 Å². The molecule has 0 fully saturated rings. The number of carbonyl (C=O) groups is 1. The van der Waals surface area contributed by atoms with Gasteiger partial charge in [0.2, 0.25) is 5.91 Å². The largest absolute Gasteiger partial charge is 0.324 e. The molecule has 1 aromatic carbocycles. The SMILES string of the molecule is Cc1ccc(Cl)c(NC(=O)CCCCCl)c1Cl. The molecular weight excluding hydrogens is 280 g/mol. The molecule has 1 amide bonds. The van der Waals surface area contributed by atoms with E-state index in [4.69, 9.17) is 34.8 Å².